The first kappa shape index (κ1) is 17.5. The maximum Gasteiger partial charge on any atom is 0.244 e. The minimum atomic E-state index is -3.68. The van der Waals surface area contributed by atoms with Crippen LogP contribution in [0.1, 0.15) is 10.6 Å². The second-order valence-electron chi connectivity index (χ2n) is 5.24. The van der Waals surface area contributed by atoms with Gasteiger partial charge in [0.1, 0.15) is 15.7 Å². The van der Waals surface area contributed by atoms with Crippen LogP contribution in [0, 0.1) is 6.92 Å². The number of ether oxygens (including phenoxy) is 1. The molecule has 0 aliphatic carbocycles. The largest absolute Gasteiger partial charge is 0.495 e. The van der Waals surface area contributed by atoms with E-state index in [1.807, 2.05) is 19.1 Å². The molecule has 0 saturated heterocycles. The van der Waals surface area contributed by atoms with Gasteiger partial charge in [-0.25, -0.2) is 18.1 Å². The highest BCUT2D eigenvalue weighted by molar-refractivity contribution is 7.89. The van der Waals surface area contributed by atoms with E-state index in [2.05, 4.69) is 14.7 Å². The van der Waals surface area contributed by atoms with Gasteiger partial charge in [0.2, 0.25) is 10.0 Å². The van der Waals surface area contributed by atoms with Gasteiger partial charge in [0.25, 0.3) is 0 Å². The van der Waals surface area contributed by atoms with E-state index in [0.717, 1.165) is 21.1 Å². The number of pyridine rings is 1. The Balaban J connectivity index is 1.81. The van der Waals surface area contributed by atoms with Gasteiger partial charge in [-0.05, 0) is 31.2 Å². The lowest BCUT2D eigenvalue weighted by atomic mass is 10.3. The molecule has 6 nitrogen and oxygen atoms in total. The van der Waals surface area contributed by atoms with Crippen molar-refractivity contribution in [2.45, 2.75) is 18.4 Å². The molecule has 1 N–H and O–H groups in total. The van der Waals surface area contributed by atoms with E-state index in [1.165, 1.54) is 24.5 Å². The third-order valence-corrected chi connectivity index (χ3v) is 6.23. The average molecular weight is 375 g/mol. The second-order valence-corrected chi connectivity index (χ2v) is 8.06. The fourth-order valence-corrected chi connectivity index (χ4v) is 4.53. The zero-order valence-corrected chi connectivity index (χ0v) is 15.4. The highest BCUT2D eigenvalue weighted by Crippen LogP contribution is 2.28. The van der Waals surface area contributed by atoms with Crippen LogP contribution in [0.2, 0.25) is 0 Å². The first-order valence-corrected chi connectivity index (χ1v) is 9.80. The number of para-hydroxylation sites is 1. The number of thiazole rings is 1. The smallest absolute Gasteiger partial charge is 0.244 e. The molecular weight excluding hydrogens is 358 g/mol. The molecule has 8 heteroatoms. The summed E-state index contributed by atoms with van der Waals surface area (Å²) in [4.78, 5) is 9.57. The summed E-state index contributed by atoms with van der Waals surface area (Å²) in [6.07, 6.45) is 3.44. The number of aromatic nitrogens is 2. The molecule has 2 heterocycles. The van der Waals surface area contributed by atoms with Crippen LogP contribution in [0.25, 0.3) is 10.6 Å². The Morgan fingerprint density at radius 1 is 1.20 bits per heavy atom. The van der Waals surface area contributed by atoms with Gasteiger partial charge in [0.15, 0.2) is 0 Å². The molecule has 0 atom stereocenters. The quantitative estimate of drug-likeness (QED) is 0.716. The third kappa shape index (κ3) is 3.87. The monoisotopic (exact) mass is 375 g/mol. The molecule has 0 fully saturated rings. The maximum atomic E-state index is 12.6. The topological polar surface area (TPSA) is 81.2 Å². The van der Waals surface area contributed by atoms with Crippen LogP contribution in [0.4, 0.5) is 0 Å². The van der Waals surface area contributed by atoms with E-state index >= 15 is 0 Å². The van der Waals surface area contributed by atoms with E-state index in [4.69, 9.17) is 4.74 Å². The van der Waals surface area contributed by atoms with Crippen molar-refractivity contribution < 1.29 is 13.2 Å². The van der Waals surface area contributed by atoms with E-state index in [0.29, 0.717) is 5.75 Å². The molecular formula is C17H17N3O3S2. The van der Waals surface area contributed by atoms with Crippen molar-refractivity contribution in [2.24, 2.45) is 0 Å². The lowest BCUT2D eigenvalue weighted by molar-refractivity contribution is 0.402. The van der Waals surface area contributed by atoms with Gasteiger partial charge in [-0.2, -0.15) is 0 Å². The Labute approximate surface area is 150 Å². The number of benzene rings is 1. The first-order chi connectivity index (χ1) is 12.0. The molecule has 25 heavy (non-hydrogen) atoms. The SMILES string of the molecule is COc1ccccc1S(=O)(=O)NCc1sc(-c2cccnc2)nc1C. The van der Waals surface area contributed by atoms with Crippen LogP contribution in [0.3, 0.4) is 0 Å². The highest BCUT2D eigenvalue weighted by atomic mass is 32.2. The minimum absolute atomic E-state index is 0.118. The molecule has 0 amide bonds. The predicted octanol–water partition coefficient (Wildman–Crippen LogP) is 3.00. The molecule has 0 aliphatic rings. The molecule has 3 aromatic rings. The molecule has 0 radical (unpaired) electrons. The van der Waals surface area contributed by atoms with E-state index in [1.54, 1.807) is 30.6 Å². The van der Waals surface area contributed by atoms with Crippen molar-refractivity contribution in [3.8, 4) is 16.3 Å². The maximum absolute atomic E-state index is 12.6. The fraction of sp³-hybridized carbons (Fsp3) is 0.176. The number of hydrogen-bond donors (Lipinski definition) is 1. The van der Waals surface area contributed by atoms with Crippen LogP contribution in [0.5, 0.6) is 5.75 Å². The molecule has 3 rings (SSSR count). The van der Waals surface area contributed by atoms with Crippen molar-refractivity contribution in [3.05, 3.63) is 59.4 Å². The molecule has 0 aliphatic heterocycles. The van der Waals surface area contributed by atoms with Gasteiger partial charge in [-0.1, -0.05) is 12.1 Å². The van der Waals surface area contributed by atoms with Crippen LogP contribution < -0.4 is 9.46 Å². The Morgan fingerprint density at radius 2 is 2.00 bits per heavy atom. The lowest BCUT2D eigenvalue weighted by Crippen LogP contribution is -2.23. The summed E-state index contributed by atoms with van der Waals surface area (Å²) in [5.74, 6) is 0.312. The number of methoxy groups -OCH3 is 1. The molecule has 130 valence electrons. The minimum Gasteiger partial charge on any atom is -0.495 e. The third-order valence-electron chi connectivity index (χ3n) is 3.58. The van der Waals surface area contributed by atoms with Gasteiger partial charge >= 0.3 is 0 Å². The summed E-state index contributed by atoms with van der Waals surface area (Å²) in [5.41, 5.74) is 1.71. The van der Waals surface area contributed by atoms with Crippen LogP contribution in [-0.4, -0.2) is 25.5 Å². The summed E-state index contributed by atoms with van der Waals surface area (Å²) in [6, 6.07) is 10.3. The van der Waals surface area contributed by atoms with Gasteiger partial charge in [0.05, 0.1) is 12.8 Å². The number of nitrogens with one attached hydrogen (secondary N) is 1. The fourth-order valence-electron chi connectivity index (χ4n) is 2.28. The lowest BCUT2D eigenvalue weighted by Gasteiger charge is -2.10. The van der Waals surface area contributed by atoms with Crippen molar-refractivity contribution >= 4 is 21.4 Å². The molecule has 0 spiro atoms. The van der Waals surface area contributed by atoms with Gasteiger partial charge in [0, 0.05) is 29.4 Å². The first-order valence-electron chi connectivity index (χ1n) is 7.50. The standard InChI is InChI=1S/C17H17N3O3S2/c1-12-15(24-17(20-12)13-6-5-9-18-10-13)11-19-25(21,22)16-8-4-3-7-14(16)23-2/h3-10,19H,11H2,1-2H3. The Kier molecular flexibility index (Phi) is 5.12. The van der Waals surface area contributed by atoms with Crippen molar-refractivity contribution in [2.75, 3.05) is 7.11 Å². The number of rotatable bonds is 6. The van der Waals surface area contributed by atoms with E-state index in [9.17, 15) is 8.42 Å². The average Bonchev–Trinajstić information content (AvgIpc) is 3.01. The molecule has 0 unspecified atom stereocenters. The van der Waals surface area contributed by atoms with Crippen molar-refractivity contribution in [1.82, 2.24) is 14.7 Å². The predicted molar refractivity (Wildman–Crippen MR) is 97.1 cm³/mol. The summed E-state index contributed by atoms with van der Waals surface area (Å²) >= 11 is 1.45. The van der Waals surface area contributed by atoms with Crippen LogP contribution >= 0.6 is 11.3 Å². The molecule has 1 aromatic carbocycles. The van der Waals surface area contributed by atoms with Gasteiger partial charge in [-0.3, -0.25) is 4.98 Å². The number of sulfonamides is 1. The number of nitrogens with zero attached hydrogens (tertiary/aromatic N) is 2. The normalized spacial score (nSPS) is 11.4. The Morgan fingerprint density at radius 3 is 2.72 bits per heavy atom. The highest BCUT2D eigenvalue weighted by Gasteiger charge is 2.20. The number of aryl methyl sites for hydroxylation is 1. The Bertz CT molecular complexity index is 970. The van der Waals surface area contributed by atoms with Crippen LogP contribution in [0.15, 0.2) is 53.7 Å². The number of hydrogen-bond acceptors (Lipinski definition) is 6. The Hall–Kier alpha value is -2.29. The van der Waals surface area contributed by atoms with Gasteiger partial charge < -0.3 is 4.74 Å². The van der Waals surface area contributed by atoms with E-state index < -0.39 is 10.0 Å². The van der Waals surface area contributed by atoms with Crippen molar-refractivity contribution in [3.63, 3.8) is 0 Å². The van der Waals surface area contributed by atoms with E-state index in [-0.39, 0.29) is 11.4 Å². The zero-order valence-electron chi connectivity index (χ0n) is 13.8. The molecule has 0 bridgehead atoms. The van der Waals surface area contributed by atoms with Crippen molar-refractivity contribution in [1.29, 1.82) is 0 Å². The van der Waals surface area contributed by atoms with Crippen LogP contribution in [-0.2, 0) is 16.6 Å². The summed E-state index contributed by atoms with van der Waals surface area (Å²) in [6.45, 7) is 2.03. The summed E-state index contributed by atoms with van der Waals surface area (Å²) in [7, 11) is -2.24. The molecule has 2 aromatic heterocycles. The summed E-state index contributed by atoms with van der Waals surface area (Å²) < 4.78 is 32.9. The second kappa shape index (κ2) is 7.30. The molecule has 0 saturated carbocycles. The zero-order chi connectivity index (χ0) is 17.9. The summed E-state index contributed by atoms with van der Waals surface area (Å²) in [5, 5.41) is 0.817. The van der Waals surface area contributed by atoms with Gasteiger partial charge in [-0.15, -0.1) is 11.3 Å².